The zero-order chi connectivity index (χ0) is 14.3. The fraction of sp³-hybridized carbons (Fsp3) is 0.286. The van der Waals surface area contributed by atoms with E-state index >= 15 is 0 Å². The van der Waals surface area contributed by atoms with Crippen molar-refractivity contribution in [3.63, 3.8) is 0 Å². The summed E-state index contributed by atoms with van der Waals surface area (Å²) in [6, 6.07) is 3.29. The van der Waals surface area contributed by atoms with Crippen LogP contribution in [0.1, 0.15) is 21.3 Å². The second-order valence-electron chi connectivity index (χ2n) is 4.68. The molecule has 0 bridgehead atoms. The highest BCUT2D eigenvalue weighted by Crippen LogP contribution is 2.24. The molecule has 0 amide bonds. The molecule has 2 heterocycles. The summed E-state index contributed by atoms with van der Waals surface area (Å²) in [6.07, 6.45) is 1.86. The first-order valence-corrected chi connectivity index (χ1v) is 7.56. The maximum atomic E-state index is 13.6. The maximum absolute atomic E-state index is 13.6. The van der Waals surface area contributed by atoms with Gasteiger partial charge in [0.15, 0.2) is 0 Å². The molecule has 2 aromatic heterocycles. The quantitative estimate of drug-likeness (QED) is 0.684. The van der Waals surface area contributed by atoms with Crippen LogP contribution in [0, 0.1) is 19.7 Å². The van der Waals surface area contributed by atoms with Gasteiger partial charge in [-0.2, -0.15) is 0 Å². The summed E-state index contributed by atoms with van der Waals surface area (Å²) >= 11 is 7.61. The summed E-state index contributed by atoms with van der Waals surface area (Å²) < 4.78 is 15.7. The highest BCUT2D eigenvalue weighted by molar-refractivity contribution is 7.11. The Balaban J connectivity index is 2.14. The molecule has 0 radical (unpaired) electrons. The van der Waals surface area contributed by atoms with E-state index in [1.54, 1.807) is 18.3 Å². The van der Waals surface area contributed by atoms with Crippen molar-refractivity contribution in [2.75, 3.05) is 0 Å². The van der Waals surface area contributed by atoms with Gasteiger partial charge in [0, 0.05) is 17.1 Å². The third-order valence-corrected chi connectivity index (χ3v) is 4.35. The Morgan fingerprint density at radius 3 is 2.80 bits per heavy atom. The molecule has 0 fully saturated rings. The zero-order valence-corrected chi connectivity index (χ0v) is 12.7. The fourth-order valence-corrected chi connectivity index (χ4v) is 3.20. The largest absolute Gasteiger partial charge is 0.322 e. The van der Waals surface area contributed by atoms with Gasteiger partial charge in [-0.25, -0.2) is 14.4 Å². The predicted molar refractivity (Wildman–Crippen MR) is 79.9 cm³/mol. The average Bonchev–Trinajstić information content (AvgIpc) is 2.96. The number of rotatable bonds is 3. The van der Waals surface area contributed by atoms with Crippen LogP contribution < -0.4 is 0 Å². The van der Waals surface area contributed by atoms with Gasteiger partial charge in [-0.3, -0.25) is 0 Å². The molecule has 20 heavy (non-hydrogen) atoms. The van der Waals surface area contributed by atoms with E-state index in [0.717, 1.165) is 21.2 Å². The maximum Gasteiger partial charge on any atom is 0.128 e. The summed E-state index contributed by atoms with van der Waals surface area (Å²) in [5.41, 5.74) is 2.16. The molecular formula is C14H13ClFN3S. The molecule has 3 rings (SSSR count). The molecule has 0 atom stereocenters. The Hall–Kier alpha value is -1.46. The van der Waals surface area contributed by atoms with Crippen LogP contribution in [0.4, 0.5) is 4.39 Å². The first-order chi connectivity index (χ1) is 9.58. The van der Waals surface area contributed by atoms with E-state index in [1.165, 1.54) is 6.07 Å². The first-order valence-electron chi connectivity index (χ1n) is 6.21. The van der Waals surface area contributed by atoms with Crippen molar-refractivity contribution in [1.29, 1.82) is 0 Å². The van der Waals surface area contributed by atoms with Crippen LogP contribution in [0.25, 0.3) is 11.0 Å². The lowest BCUT2D eigenvalue weighted by atomic mass is 10.2. The summed E-state index contributed by atoms with van der Waals surface area (Å²) in [7, 11) is 0. The minimum Gasteiger partial charge on any atom is -0.322 e. The molecule has 0 aliphatic carbocycles. The minimum atomic E-state index is -0.239. The van der Waals surface area contributed by atoms with E-state index in [4.69, 9.17) is 11.6 Å². The van der Waals surface area contributed by atoms with Crippen molar-refractivity contribution in [1.82, 2.24) is 14.5 Å². The Labute approximate surface area is 125 Å². The van der Waals surface area contributed by atoms with Crippen LogP contribution in [-0.4, -0.2) is 14.5 Å². The number of imidazole rings is 1. The smallest absolute Gasteiger partial charge is 0.128 e. The Bertz CT molecular complexity index is 778. The van der Waals surface area contributed by atoms with E-state index in [2.05, 4.69) is 9.97 Å². The van der Waals surface area contributed by atoms with E-state index < -0.39 is 0 Å². The van der Waals surface area contributed by atoms with Crippen LogP contribution in [-0.2, 0) is 12.4 Å². The van der Waals surface area contributed by atoms with Gasteiger partial charge >= 0.3 is 0 Å². The summed E-state index contributed by atoms with van der Waals surface area (Å²) in [6.45, 7) is 4.39. The lowest BCUT2D eigenvalue weighted by Crippen LogP contribution is -2.02. The summed E-state index contributed by atoms with van der Waals surface area (Å²) in [5.74, 6) is 0.808. The lowest BCUT2D eigenvalue weighted by molar-refractivity contribution is 0.620. The van der Waals surface area contributed by atoms with Gasteiger partial charge < -0.3 is 4.57 Å². The van der Waals surface area contributed by atoms with Crippen molar-refractivity contribution >= 4 is 34.0 Å². The molecule has 0 aliphatic rings. The number of hydrogen-bond acceptors (Lipinski definition) is 3. The molecule has 3 aromatic rings. The third-order valence-electron chi connectivity index (χ3n) is 3.21. The third kappa shape index (κ3) is 2.31. The van der Waals surface area contributed by atoms with Gasteiger partial charge in [-0.1, -0.05) is 0 Å². The fourth-order valence-electron chi connectivity index (χ4n) is 2.21. The van der Waals surface area contributed by atoms with Gasteiger partial charge in [-0.15, -0.1) is 22.9 Å². The number of thiazole rings is 1. The number of fused-ring (bicyclic) bond motifs is 1. The number of hydrogen-bond donors (Lipinski definition) is 0. The van der Waals surface area contributed by atoms with Crippen LogP contribution in [0.3, 0.4) is 0 Å². The van der Waals surface area contributed by atoms with E-state index in [0.29, 0.717) is 23.5 Å². The standard InChI is InChI=1S/C14H13ClFN3S/c1-8-3-13-12(4-11(8)16)18-14(5-15)19(13)7-10-6-17-9(2)20-10/h3-4,6H,5,7H2,1-2H3. The van der Waals surface area contributed by atoms with Crippen LogP contribution in [0.15, 0.2) is 18.3 Å². The highest BCUT2D eigenvalue weighted by atomic mass is 35.5. The van der Waals surface area contributed by atoms with Gasteiger partial charge in [0.1, 0.15) is 11.6 Å². The van der Waals surface area contributed by atoms with Crippen molar-refractivity contribution < 1.29 is 4.39 Å². The number of benzene rings is 1. The van der Waals surface area contributed by atoms with Crippen molar-refractivity contribution in [2.24, 2.45) is 0 Å². The SMILES string of the molecule is Cc1ncc(Cn2c(CCl)nc3cc(F)c(C)cc32)s1. The van der Waals surface area contributed by atoms with Crippen LogP contribution in [0.5, 0.6) is 0 Å². The molecule has 104 valence electrons. The minimum absolute atomic E-state index is 0.239. The second kappa shape index (κ2) is 5.14. The molecule has 0 N–H and O–H groups in total. The predicted octanol–water partition coefficient (Wildman–Crippen LogP) is 4.04. The topological polar surface area (TPSA) is 30.7 Å². The number of alkyl halides is 1. The van der Waals surface area contributed by atoms with Gasteiger partial charge in [0.25, 0.3) is 0 Å². The van der Waals surface area contributed by atoms with E-state index in [9.17, 15) is 4.39 Å². The number of aryl methyl sites for hydroxylation is 2. The Morgan fingerprint density at radius 1 is 1.35 bits per heavy atom. The van der Waals surface area contributed by atoms with Crippen LogP contribution in [0.2, 0.25) is 0 Å². The first kappa shape index (κ1) is 13.5. The molecule has 3 nitrogen and oxygen atoms in total. The number of halogens is 2. The molecule has 0 saturated carbocycles. The zero-order valence-electron chi connectivity index (χ0n) is 11.2. The van der Waals surface area contributed by atoms with E-state index in [1.807, 2.05) is 23.8 Å². The molecule has 1 aromatic carbocycles. The lowest BCUT2D eigenvalue weighted by Gasteiger charge is -2.06. The molecule has 0 unspecified atom stereocenters. The summed E-state index contributed by atoms with van der Waals surface area (Å²) in [5, 5.41) is 1.03. The van der Waals surface area contributed by atoms with Gasteiger partial charge in [0.05, 0.1) is 28.5 Å². The second-order valence-corrected chi connectivity index (χ2v) is 6.27. The van der Waals surface area contributed by atoms with Gasteiger partial charge in [0.2, 0.25) is 0 Å². The average molecular weight is 310 g/mol. The molecule has 0 spiro atoms. The highest BCUT2D eigenvalue weighted by Gasteiger charge is 2.13. The van der Waals surface area contributed by atoms with Gasteiger partial charge in [-0.05, 0) is 25.5 Å². The monoisotopic (exact) mass is 309 g/mol. The Morgan fingerprint density at radius 2 is 2.15 bits per heavy atom. The number of nitrogens with zero attached hydrogens (tertiary/aromatic N) is 3. The van der Waals surface area contributed by atoms with Crippen molar-refractivity contribution in [3.05, 3.63) is 45.4 Å². The Kier molecular flexibility index (Phi) is 3.48. The molecule has 0 aliphatic heterocycles. The van der Waals surface area contributed by atoms with Crippen molar-refractivity contribution in [2.45, 2.75) is 26.3 Å². The van der Waals surface area contributed by atoms with Crippen molar-refractivity contribution in [3.8, 4) is 0 Å². The molecule has 0 saturated heterocycles. The van der Waals surface area contributed by atoms with E-state index in [-0.39, 0.29) is 5.82 Å². The summed E-state index contributed by atoms with van der Waals surface area (Å²) in [4.78, 5) is 9.80. The normalized spacial score (nSPS) is 11.4. The number of aromatic nitrogens is 3. The van der Waals surface area contributed by atoms with Crippen LogP contribution >= 0.6 is 22.9 Å². The molecular weight excluding hydrogens is 297 g/mol. The molecule has 6 heteroatoms.